The van der Waals surface area contributed by atoms with Gasteiger partial charge in [0.15, 0.2) is 0 Å². The normalized spacial score (nSPS) is 26.6. The number of benzene rings is 1. The number of hydrogen-bond donors (Lipinski definition) is 2. The number of halogens is 1. The number of hydrogen-bond acceptors (Lipinski definition) is 2. The molecule has 1 fully saturated rings. The monoisotopic (exact) mass is 197 g/mol. The Hall–Kier alpha value is -0.730. The molecule has 0 radical (unpaired) electrons. The van der Waals surface area contributed by atoms with Gasteiger partial charge in [0.1, 0.15) is 0 Å². The van der Waals surface area contributed by atoms with Crippen LogP contribution in [0.5, 0.6) is 0 Å². The van der Waals surface area contributed by atoms with Gasteiger partial charge in [0.2, 0.25) is 0 Å². The highest BCUT2D eigenvalue weighted by Gasteiger charge is 2.28. The van der Waals surface area contributed by atoms with Gasteiger partial charge in [-0.25, -0.2) is 0 Å². The standard InChI is InChI=1S/C10H12ClNO/c11-7-1-3-8(4-2-7)12-9-5-6-10(9)13/h1-4,9-10,12-13H,5-6H2/t9-,10-/m1/s1. The number of anilines is 1. The summed E-state index contributed by atoms with van der Waals surface area (Å²) in [5, 5.41) is 13.3. The molecule has 0 spiro atoms. The van der Waals surface area contributed by atoms with E-state index in [0.717, 1.165) is 23.6 Å². The summed E-state index contributed by atoms with van der Waals surface area (Å²) in [6.07, 6.45) is 1.77. The lowest BCUT2D eigenvalue weighted by molar-refractivity contribution is 0.0786. The highest BCUT2D eigenvalue weighted by Crippen LogP contribution is 2.24. The predicted octanol–water partition coefficient (Wildman–Crippen LogP) is 2.28. The number of aliphatic hydroxyl groups excluding tert-OH is 1. The third-order valence-corrected chi connectivity index (χ3v) is 2.69. The van der Waals surface area contributed by atoms with Crippen LogP contribution in [0, 0.1) is 0 Å². The van der Waals surface area contributed by atoms with Crippen molar-refractivity contribution in [3.8, 4) is 0 Å². The summed E-state index contributed by atoms with van der Waals surface area (Å²) in [6.45, 7) is 0. The molecule has 1 aliphatic rings. The van der Waals surface area contributed by atoms with E-state index >= 15 is 0 Å². The second-order valence-electron chi connectivity index (χ2n) is 3.40. The van der Waals surface area contributed by atoms with Crippen LogP contribution in [0.3, 0.4) is 0 Å². The first-order valence-corrected chi connectivity index (χ1v) is 4.84. The number of rotatable bonds is 2. The molecule has 0 saturated heterocycles. The minimum Gasteiger partial charge on any atom is -0.391 e. The Labute approximate surface area is 82.5 Å². The average molecular weight is 198 g/mol. The largest absolute Gasteiger partial charge is 0.391 e. The van der Waals surface area contributed by atoms with Gasteiger partial charge in [-0.15, -0.1) is 0 Å². The SMILES string of the molecule is O[C@@H]1CC[C@H]1Nc1ccc(Cl)cc1. The molecule has 70 valence electrons. The van der Waals surface area contributed by atoms with Gasteiger partial charge in [-0.2, -0.15) is 0 Å². The van der Waals surface area contributed by atoms with E-state index < -0.39 is 0 Å². The van der Waals surface area contributed by atoms with Crippen molar-refractivity contribution in [1.82, 2.24) is 0 Å². The molecule has 2 atom stereocenters. The topological polar surface area (TPSA) is 32.3 Å². The Balaban J connectivity index is 1.98. The van der Waals surface area contributed by atoms with Gasteiger partial charge in [0.05, 0.1) is 12.1 Å². The van der Waals surface area contributed by atoms with Crippen molar-refractivity contribution in [1.29, 1.82) is 0 Å². The Kier molecular flexibility index (Phi) is 2.42. The lowest BCUT2D eigenvalue weighted by atomic mass is 9.89. The first-order chi connectivity index (χ1) is 6.25. The van der Waals surface area contributed by atoms with Crippen LogP contribution in [-0.4, -0.2) is 17.3 Å². The minimum absolute atomic E-state index is 0.185. The lowest BCUT2D eigenvalue weighted by Crippen LogP contribution is -2.42. The smallest absolute Gasteiger partial charge is 0.0741 e. The van der Waals surface area contributed by atoms with E-state index in [1.165, 1.54) is 0 Å². The third kappa shape index (κ3) is 1.95. The Bertz CT molecular complexity index is 285. The van der Waals surface area contributed by atoms with Crippen molar-refractivity contribution in [2.75, 3.05) is 5.32 Å². The van der Waals surface area contributed by atoms with Crippen molar-refractivity contribution in [2.45, 2.75) is 25.0 Å². The van der Waals surface area contributed by atoms with E-state index in [2.05, 4.69) is 5.32 Å². The maximum Gasteiger partial charge on any atom is 0.0741 e. The maximum absolute atomic E-state index is 9.34. The van der Waals surface area contributed by atoms with Crippen molar-refractivity contribution < 1.29 is 5.11 Å². The molecule has 13 heavy (non-hydrogen) atoms. The molecule has 1 aromatic carbocycles. The van der Waals surface area contributed by atoms with E-state index in [9.17, 15) is 5.11 Å². The second kappa shape index (κ2) is 3.56. The van der Waals surface area contributed by atoms with Crippen molar-refractivity contribution in [2.24, 2.45) is 0 Å². The summed E-state index contributed by atoms with van der Waals surface area (Å²) in [6, 6.07) is 7.76. The van der Waals surface area contributed by atoms with Gasteiger partial charge in [0.25, 0.3) is 0 Å². The van der Waals surface area contributed by atoms with Crippen molar-refractivity contribution in [3.05, 3.63) is 29.3 Å². The molecule has 0 amide bonds. The Morgan fingerprint density at radius 3 is 2.38 bits per heavy atom. The summed E-state index contributed by atoms with van der Waals surface area (Å²) in [5.74, 6) is 0. The Morgan fingerprint density at radius 2 is 1.92 bits per heavy atom. The number of nitrogens with one attached hydrogen (secondary N) is 1. The van der Waals surface area contributed by atoms with Crippen LogP contribution in [-0.2, 0) is 0 Å². The maximum atomic E-state index is 9.34. The van der Waals surface area contributed by atoms with E-state index in [1.54, 1.807) is 0 Å². The summed E-state index contributed by atoms with van der Waals surface area (Å²) < 4.78 is 0. The molecule has 0 heterocycles. The highest BCUT2D eigenvalue weighted by molar-refractivity contribution is 6.30. The van der Waals surface area contributed by atoms with Crippen LogP contribution in [0.25, 0.3) is 0 Å². The van der Waals surface area contributed by atoms with Crippen LogP contribution < -0.4 is 5.32 Å². The van der Waals surface area contributed by atoms with Crippen LogP contribution >= 0.6 is 11.6 Å². The molecule has 0 bridgehead atoms. The minimum atomic E-state index is -0.185. The highest BCUT2D eigenvalue weighted by atomic mass is 35.5. The fourth-order valence-corrected chi connectivity index (χ4v) is 1.54. The van der Waals surface area contributed by atoms with Gasteiger partial charge in [-0.1, -0.05) is 11.6 Å². The van der Waals surface area contributed by atoms with Crippen molar-refractivity contribution >= 4 is 17.3 Å². The molecule has 0 aliphatic heterocycles. The zero-order chi connectivity index (χ0) is 9.26. The molecule has 1 aromatic rings. The molecule has 1 saturated carbocycles. The summed E-state index contributed by atoms with van der Waals surface area (Å²) >= 11 is 5.75. The zero-order valence-electron chi connectivity index (χ0n) is 7.20. The third-order valence-electron chi connectivity index (χ3n) is 2.43. The molecule has 2 N–H and O–H groups in total. The van der Waals surface area contributed by atoms with E-state index in [1.807, 2.05) is 24.3 Å². The predicted molar refractivity (Wildman–Crippen MR) is 54.1 cm³/mol. The first kappa shape index (κ1) is 8.85. The summed E-state index contributed by atoms with van der Waals surface area (Å²) in [5.41, 5.74) is 1.02. The first-order valence-electron chi connectivity index (χ1n) is 4.46. The molecule has 0 aromatic heterocycles. The van der Waals surface area contributed by atoms with Crippen LogP contribution in [0.4, 0.5) is 5.69 Å². The van der Waals surface area contributed by atoms with Crippen LogP contribution in [0.1, 0.15) is 12.8 Å². The summed E-state index contributed by atoms with van der Waals surface area (Å²) in [4.78, 5) is 0. The van der Waals surface area contributed by atoms with E-state index in [-0.39, 0.29) is 12.1 Å². The van der Waals surface area contributed by atoms with Gasteiger partial charge in [-0.05, 0) is 37.1 Å². The molecule has 2 rings (SSSR count). The van der Waals surface area contributed by atoms with Gasteiger partial charge in [-0.3, -0.25) is 0 Å². The van der Waals surface area contributed by atoms with Gasteiger partial charge < -0.3 is 10.4 Å². The molecule has 2 nitrogen and oxygen atoms in total. The second-order valence-corrected chi connectivity index (χ2v) is 3.84. The Morgan fingerprint density at radius 1 is 1.23 bits per heavy atom. The van der Waals surface area contributed by atoms with Gasteiger partial charge >= 0.3 is 0 Å². The fraction of sp³-hybridized carbons (Fsp3) is 0.400. The molecular weight excluding hydrogens is 186 g/mol. The molecule has 0 unspecified atom stereocenters. The van der Waals surface area contributed by atoms with Gasteiger partial charge in [0, 0.05) is 10.7 Å². The quantitative estimate of drug-likeness (QED) is 0.763. The lowest BCUT2D eigenvalue weighted by Gasteiger charge is -2.33. The van der Waals surface area contributed by atoms with Crippen molar-refractivity contribution in [3.63, 3.8) is 0 Å². The van der Waals surface area contributed by atoms with E-state index in [0.29, 0.717) is 0 Å². The molecule has 1 aliphatic carbocycles. The fourth-order valence-electron chi connectivity index (χ4n) is 1.41. The molecular formula is C10H12ClNO. The summed E-state index contributed by atoms with van der Waals surface area (Å²) in [7, 11) is 0. The zero-order valence-corrected chi connectivity index (χ0v) is 7.96. The van der Waals surface area contributed by atoms with E-state index in [4.69, 9.17) is 11.6 Å². The average Bonchev–Trinajstić information content (AvgIpc) is 2.15. The van der Waals surface area contributed by atoms with Crippen LogP contribution in [0.2, 0.25) is 5.02 Å². The number of aliphatic hydroxyl groups is 1. The van der Waals surface area contributed by atoms with Crippen LogP contribution in [0.15, 0.2) is 24.3 Å². The molecule has 3 heteroatoms.